The first kappa shape index (κ1) is 14.7. The van der Waals surface area contributed by atoms with Crippen molar-refractivity contribution in [2.45, 2.75) is 13.5 Å². The van der Waals surface area contributed by atoms with Gasteiger partial charge < -0.3 is 9.64 Å². The number of hydrogen-bond donors (Lipinski definition) is 0. The second-order valence-corrected chi connectivity index (χ2v) is 5.43. The first-order chi connectivity index (χ1) is 10.8. The smallest absolute Gasteiger partial charge is 0.228 e. The average molecular weight is 299 g/mol. The summed E-state index contributed by atoms with van der Waals surface area (Å²) >= 11 is 0. The Kier molecular flexibility index (Phi) is 4.48. The van der Waals surface area contributed by atoms with Crippen LogP contribution >= 0.6 is 0 Å². The van der Waals surface area contributed by atoms with E-state index >= 15 is 0 Å². The Balaban J connectivity index is 1.59. The molecule has 1 aliphatic rings. The fraction of sp³-hybridized carbons (Fsp3) is 0.438. The molecular weight excluding hydrogens is 278 g/mol. The summed E-state index contributed by atoms with van der Waals surface area (Å²) in [5.74, 6) is 1.35. The fourth-order valence-electron chi connectivity index (χ4n) is 2.60. The van der Waals surface area contributed by atoms with Crippen LogP contribution in [0.5, 0.6) is 5.88 Å². The molecule has 6 nitrogen and oxygen atoms in total. The Hall–Kier alpha value is -2.21. The molecule has 0 aliphatic carbocycles. The Morgan fingerprint density at radius 2 is 1.91 bits per heavy atom. The number of pyridine rings is 1. The third kappa shape index (κ3) is 3.33. The largest absolute Gasteiger partial charge is 0.481 e. The van der Waals surface area contributed by atoms with Gasteiger partial charge in [0.05, 0.1) is 12.8 Å². The molecule has 0 bridgehead atoms. The van der Waals surface area contributed by atoms with E-state index in [0.717, 1.165) is 44.4 Å². The molecule has 1 fully saturated rings. The lowest BCUT2D eigenvalue weighted by Crippen LogP contribution is -2.46. The van der Waals surface area contributed by atoms with Gasteiger partial charge in [0.1, 0.15) is 0 Å². The molecule has 22 heavy (non-hydrogen) atoms. The molecule has 0 unspecified atom stereocenters. The zero-order chi connectivity index (χ0) is 15.4. The van der Waals surface area contributed by atoms with Crippen molar-refractivity contribution in [3.8, 4) is 5.88 Å². The number of anilines is 1. The van der Waals surface area contributed by atoms with Gasteiger partial charge in [-0.3, -0.25) is 9.88 Å². The van der Waals surface area contributed by atoms with Gasteiger partial charge in [-0.1, -0.05) is 6.07 Å². The Morgan fingerprint density at radius 1 is 1.09 bits per heavy atom. The van der Waals surface area contributed by atoms with Gasteiger partial charge in [-0.2, -0.15) is 4.98 Å². The van der Waals surface area contributed by atoms with Gasteiger partial charge in [-0.05, 0) is 18.6 Å². The molecule has 0 atom stereocenters. The number of methoxy groups -OCH3 is 1. The van der Waals surface area contributed by atoms with Crippen LogP contribution in [0.15, 0.2) is 30.6 Å². The predicted octanol–water partition coefficient (Wildman–Crippen LogP) is 1.51. The van der Waals surface area contributed by atoms with Crippen LogP contribution in [0.25, 0.3) is 0 Å². The topological polar surface area (TPSA) is 54.4 Å². The molecule has 0 radical (unpaired) electrons. The number of aromatic nitrogens is 3. The number of hydrogen-bond acceptors (Lipinski definition) is 6. The molecule has 3 rings (SSSR count). The normalized spacial score (nSPS) is 15.8. The van der Waals surface area contributed by atoms with Crippen LogP contribution in [0.1, 0.15) is 11.3 Å². The maximum atomic E-state index is 5.16. The van der Waals surface area contributed by atoms with Gasteiger partial charge in [0, 0.05) is 51.2 Å². The molecule has 1 saturated heterocycles. The van der Waals surface area contributed by atoms with Gasteiger partial charge in [0.15, 0.2) is 0 Å². The van der Waals surface area contributed by atoms with Crippen LogP contribution in [0, 0.1) is 6.92 Å². The van der Waals surface area contributed by atoms with E-state index in [2.05, 4.69) is 37.7 Å². The van der Waals surface area contributed by atoms with Crippen LogP contribution in [0.4, 0.5) is 5.95 Å². The van der Waals surface area contributed by atoms with Crippen LogP contribution in [-0.4, -0.2) is 53.1 Å². The second kappa shape index (κ2) is 6.70. The summed E-state index contributed by atoms with van der Waals surface area (Å²) in [6.07, 6.45) is 3.60. The molecule has 0 spiro atoms. The molecule has 0 aromatic carbocycles. The molecule has 0 N–H and O–H groups in total. The average Bonchev–Trinajstić information content (AvgIpc) is 2.58. The first-order valence-corrected chi connectivity index (χ1v) is 7.51. The zero-order valence-corrected chi connectivity index (χ0v) is 13.1. The summed E-state index contributed by atoms with van der Waals surface area (Å²) in [6.45, 7) is 6.81. The lowest BCUT2D eigenvalue weighted by molar-refractivity contribution is 0.245. The zero-order valence-electron chi connectivity index (χ0n) is 13.1. The molecule has 3 heterocycles. The maximum absolute atomic E-state index is 5.16. The molecule has 1 aliphatic heterocycles. The van der Waals surface area contributed by atoms with E-state index in [1.165, 1.54) is 5.56 Å². The van der Waals surface area contributed by atoms with Gasteiger partial charge in [0.25, 0.3) is 0 Å². The molecule has 2 aromatic heterocycles. The lowest BCUT2D eigenvalue weighted by atomic mass is 10.2. The molecule has 0 saturated carbocycles. The lowest BCUT2D eigenvalue weighted by Gasteiger charge is -2.34. The number of aryl methyl sites for hydroxylation is 1. The van der Waals surface area contributed by atoms with Crippen LogP contribution in [0.3, 0.4) is 0 Å². The molecule has 116 valence electrons. The number of rotatable bonds is 4. The van der Waals surface area contributed by atoms with Crippen LogP contribution in [0.2, 0.25) is 0 Å². The van der Waals surface area contributed by atoms with Crippen molar-refractivity contribution in [1.82, 2.24) is 19.9 Å². The predicted molar refractivity (Wildman–Crippen MR) is 85.0 cm³/mol. The van der Waals surface area contributed by atoms with E-state index in [0.29, 0.717) is 5.88 Å². The maximum Gasteiger partial charge on any atom is 0.228 e. The summed E-state index contributed by atoms with van der Waals surface area (Å²) in [5, 5.41) is 0. The highest BCUT2D eigenvalue weighted by Gasteiger charge is 2.20. The minimum absolute atomic E-state index is 0.608. The molecule has 0 amide bonds. The van der Waals surface area contributed by atoms with Crippen molar-refractivity contribution >= 4 is 5.95 Å². The van der Waals surface area contributed by atoms with Crippen molar-refractivity contribution in [3.63, 3.8) is 0 Å². The van der Waals surface area contributed by atoms with E-state index < -0.39 is 0 Å². The highest BCUT2D eigenvalue weighted by atomic mass is 16.5. The van der Waals surface area contributed by atoms with Gasteiger partial charge in [-0.25, -0.2) is 4.98 Å². The van der Waals surface area contributed by atoms with Crippen LogP contribution < -0.4 is 9.64 Å². The highest BCUT2D eigenvalue weighted by Crippen LogP contribution is 2.16. The molecular formula is C16H21N5O. The Morgan fingerprint density at radius 3 is 2.64 bits per heavy atom. The molecule has 2 aromatic rings. The van der Waals surface area contributed by atoms with Gasteiger partial charge in [-0.15, -0.1) is 0 Å². The Labute approximate surface area is 130 Å². The molecule has 6 heteroatoms. The summed E-state index contributed by atoms with van der Waals surface area (Å²) < 4.78 is 5.16. The van der Waals surface area contributed by atoms with Gasteiger partial charge in [0.2, 0.25) is 11.8 Å². The minimum Gasteiger partial charge on any atom is -0.481 e. The summed E-state index contributed by atoms with van der Waals surface area (Å²) in [5.41, 5.74) is 2.41. The standard InChI is InChI=1S/C16H21N5O/c1-13-4-3-6-17-14(13)12-20-8-10-21(11-9-20)16-18-7-5-15(19-16)22-2/h3-7H,8-12H2,1-2H3. The third-order valence-electron chi connectivity index (χ3n) is 3.97. The van der Waals surface area contributed by atoms with E-state index in [4.69, 9.17) is 4.74 Å². The monoisotopic (exact) mass is 299 g/mol. The van der Waals surface area contributed by atoms with Crippen molar-refractivity contribution in [3.05, 3.63) is 41.9 Å². The summed E-state index contributed by atoms with van der Waals surface area (Å²) in [7, 11) is 1.62. The number of ether oxygens (including phenoxy) is 1. The Bertz CT molecular complexity index is 625. The van der Waals surface area contributed by atoms with Crippen LogP contribution in [-0.2, 0) is 6.54 Å². The van der Waals surface area contributed by atoms with Crippen molar-refractivity contribution in [2.24, 2.45) is 0 Å². The number of piperazine rings is 1. The quantitative estimate of drug-likeness (QED) is 0.853. The minimum atomic E-state index is 0.608. The summed E-state index contributed by atoms with van der Waals surface area (Å²) in [6, 6.07) is 5.86. The van der Waals surface area contributed by atoms with Crippen molar-refractivity contribution in [2.75, 3.05) is 38.2 Å². The third-order valence-corrected chi connectivity index (χ3v) is 3.97. The first-order valence-electron chi connectivity index (χ1n) is 7.51. The van der Waals surface area contributed by atoms with E-state index in [9.17, 15) is 0 Å². The van der Waals surface area contributed by atoms with Crippen molar-refractivity contribution < 1.29 is 4.74 Å². The fourth-order valence-corrected chi connectivity index (χ4v) is 2.60. The highest BCUT2D eigenvalue weighted by molar-refractivity contribution is 5.32. The SMILES string of the molecule is COc1ccnc(N2CCN(Cc3ncccc3C)CC2)n1. The van der Waals surface area contributed by atoms with E-state index in [-0.39, 0.29) is 0 Å². The van der Waals surface area contributed by atoms with E-state index in [1.807, 2.05) is 12.3 Å². The van der Waals surface area contributed by atoms with Gasteiger partial charge >= 0.3 is 0 Å². The number of nitrogens with zero attached hydrogens (tertiary/aromatic N) is 5. The summed E-state index contributed by atoms with van der Waals surface area (Å²) in [4.78, 5) is 17.8. The van der Waals surface area contributed by atoms with Crippen molar-refractivity contribution in [1.29, 1.82) is 0 Å². The van der Waals surface area contributed by atoms with E-state index in [1.54, 1.807) is 19.4 Å². The second-order valence-electron chi connectivity index (χ2n) is 5.43.